The fraction of sp³-hybridized carbons (Fsp3) is 0.203. The molecule has 0 aliphatic carbocycles. The highest BCUT2D eigenvalue weighted by Crippen LogP contribution is 2.27. The SMILES string of the molecule is CCC(=O)Cc1ccccc1CSC(N)=Nc1ccc(Br)cc1.CCC(=O)Cc1ccccc1CSC(N)=Nc1ccc(F)c(Cl)c1.CNC(=O)c1ccc(C#N)cc1CSC(=N)N.N=C(N)SCc1cc(Br)ccc1C(=O)NCCc1ccc(Cl)cc1. The van der Waals surface area contributed by atoms with Crippen LogP contribution >= 0.6 is 102 Å². The third-order valence-electron chi connectivity index (χ3n) is 12.2. The Kier molecular flexibility index (Phi) is 33.3. The van der Waals surface area contributed by atoms with Gasteiger partial charge in [0.05, 0.1) is 28.0 Å². The highest BCUT2D eigenvalue weighted by molar-refractivity contribution is 9.10. The molecule has 0 aromatic heterocycles. The molecule has 0 unspecified atom stereocenters. The number of thioether (sulfide) groups is 4. The largest absolute Gasteiger partial charge is 0.379 e. The summed E-state index contributed by atoms with van der Waals surface area (Å²) >= 11 is 23.5. The molecule has 7 aromatic rings. The Morgan fingerprint density at radius 2 is 1.05 bits per heavy atom. The van der Waals surface area contributed by atoms with E-state index in [0.29, 0.717) is 98.5 Å². The van der Waals surface area contributed by atoms with Gasteiger partial charge in [0.2, 0.25) is 0 Å². The van der Waals surface area contributed by atoms with Crippen molar-refractivity contribution < 1.29 is 23.6 Å². The summed E-state index contributed by atoms with van der Waals surface area (Å²) in [4.78, 5) is 56.0. The topological polar surface area (TPSA) is 293 Å². The summed E-state index contributed by atoms with van der Waals surface area (Å²) in [5.41, 5.74) is 32.4. The Balaban J connectivity index is 0.000000253. The molecular formula is C64H66Br2Cl2FN11O4S4. The van der Waals surface area contributed by atoms with E-state index in [2.05, 4.69) is 52.5 Å². The first-order chi connectivity index (χ1) is 42.1. The number of Topliss-reactive ketones (excluding diaryl/α,β-unsaturated/α-hetero) is 2. The Morgan fingerprint density at radius 3 is 1.55 bits per heavy atom. The summed E-state index contributed by atoms with van der Waals surface area (Å²) < 4.78 is 15.0. The van der Waals surface area contributed by atoms with Gasteiger partial charge in [0, 0.05) is 87.4 Å². The summed E-state index contributed by atoms with van der Waals surface area (Å²) in [5.74, 6) is 1.81. The Bertz CT molecular complexity index is 3630. The molecule has 0 saturated carbocycles. The first-order valence-electron chi connectivity index (χ1n) is 26.9. The van der Waals surface area contributed by atoms with Crippen LogP contribution in [0.25, 0.3) is 0 Å². The molecule has 15 nitrogen and oxygen atoms in total. The lowest BCUT2D eigenvalue weighted by Gasteiger charge is -2.11. The van der Waals surface area contributed by atoms with E-state index in [9.17, 15) is 23.6 Å². The molecule has 0 fully saturated rings. The number of benzene rings is 7. The number of nitrogens with one attached hydrogen (secondary N) is 4. The highest BCUT2D eigenvalue weighted by Gasteiger charge is 2.15. The van der Waals surface area contributed by atoms with Gasteiger partial charge in [-0.2, -0.15) is 5.26 Å². The van der Waals surface area contributed by atoms with E-state index in [-0.39, 0.29) is 38.7 Å². The second-order valence-electron chi connectivity index (χ2n) is 18.5. The van der Waals surface area contributed by atoms with Crippen LogP contribution < -0.4 is 33.6 Å². The fourth-order valence-corrected chi connectivity index (χ4v) is 11.1. The number of halogens is 5. The normalized spacial score (nSPS) is 10.8. The molecule has 0 aliphatic heterocycles. The number of nitrogens with two attached hydrogens (primary N) is 4. The maximum Gasteiger partial charge on any atom is 0.251 e. The number of hydrogen-bond donors (Lipinski definition) is 8. The zero-order valence-corrected chi connectivity index (χ0v) is 56.3. The predicted molar refractivity (Wildman–Crippen MR) is 374 cm³/mol. The van der Waals surface area contributed by atoms with Gasteiger partial charge >= 0.3 is 0 Å². The Hall–Kier alpha value is -6.94. The van der Waals surface area contributed by atoms with E-state index in [1.54, 1.807) is 31.3 Å². The number of carbonyl (C=O) groups is 4. The monoisotopic (exact) mass is 1430 g/mol. The second-order valence-corrected chi connectivity index (χ2v) is 25.2. The molecule has 24 heteroatoms. The average Bonchev–Trinajstić information content (AvgIpc) is 3.19. The zero-order valence-electron chi connectivity index (χ0n) is 48.3. The van der Waals surface area contributed by atoms with E-state index in [1.807, 2.05) is 129 Å². The van der Waals surface area contributed by atoms with E-state index < -0.39 is 5.82 Å². The molecule has 0 bridgehead atoms. The summed E-state index contributed by atoms with van der Waals surface area (Å²) in [6.45, 7) is 4.29. The summed E-state index contributed by atoms with van der Waals surface area (Å²) in [5, 5.41) is 30.3. The van der Waals surface area contributed by atoms with Crippen molar-refractivity contribution in [2.24, 2.45) is 32.9 Å². The van der Waals surface area contributed by atoms with Crippen molar-refractivity contribution in [1.82, 2.24) is 10.6 Å². The molecule has 0 aliphatic rings. The van der Waals surface area contributed by atoms with Crippen molar-refractivity contribution in [3.63, 3.8) is 0 Å². The van der Waals surface area contributed by atoms with E-state index in [0.717, 1.165) is 66.2 Å². The van der Waals surface area contributed by atoms with Gasteiger partial charge in [-0.05, 0) is 136 Å². The molecule has 0 heterocycles. The standard InChI is InChI=1S/C18H19BrN2OS.C18H18ClFN2OS.C17H17BrClN3OS.C11H12N4OS/c1-2-17(22)11-13-5-3-4-6-14(13)12-23-18(20)21-16-9-7-15(19)8-10-16;1-2-15(23)9-12-5-3-4-6-13(12)11-24-18(21)22-14-7-8-17(20)16(19)10-14;18-13-3-6-15(12(9-13)10-24-17(20)21)16(23)22-8-7-11-1-4-14(19)5-2-11;1-15-10(16)9-3-2-7(5-12)4-8(9)6-17-11(13)14/h3-10H,2,11-12H2,1H3,(H2,20,21);3-8,10H,2,9,11H2,1H3,(H2,21,22);1-6,9H,7-8,10H2,(H3,20,21)(H,22,23);2-4H,6H2,1H3,(H3,13,14)(H,15,16). The van der Waals surface area contributed by atoms with Gasteiger partial charge in [0.25, 0.3) is 11.8 Å². The number of amidine groups is 4. The number of ketones is 2. The van der Waals surface area contributed by atoms with Crippen LogP contribution in [0.3, 0.4) is 0 Å². The van der Waals surface area contributed by atoms with Gasteiger partial charge in [-0.3, -0.25) is 30.0 Å². The quantitative estimate of drug-likeness (QED) is 0.0246. The van der Waals surface area contributed by atoms with Gasteiger partial charge in [-0.15, -0.1) is 0 Å². The van der Waals surface area contributed by atoms with Crippen LogP contribution in [-0.2, 0) is 51.9 Å². The molecular weight excluding hydrogens is 1360 g/mol. The van der Waals surface area contributed by atoms with Crippen LogP contribution in [0.1, 0.15) is 91.9 Å². The highest BCUT2D eigenvalue weighted by atomic mass is 79.9. The lowest BCUT2D eigenvalue weighted by Crippen LogP contribution is -2.26. The third-order valence-corrected chi connectivity index (χ3v) is 16.9. The molecule has 0 radical (unpaired) electrons. The van der Waals surface area contributed by atoms with Gasteiger partial charge in [0.1, 0.15) is 17.4 Å². The smallest absolute Gasteiger partial charge is 0.251 e. The minimum Gasteiger partial charge on any atom is -0.379 e. The van der Waals surface area contributed by atoms with Crippen LogP contribution in [0, 0.1) is 28.0 Å². The second kappa shape index (κ2) is 39.8. The van der Waals surface area contributed by atoms with Crippen molar-refractivity contribution in [2.75, 3.05) is 13.6 Å². The zero-order chi connectivity index (χ0) is 64.5. The summed E-state index contributed by atoms with van der Waals surface area (Å²) in [6, 6.07) is 47.6. The number of nitrogens with zero attached hydrogens (tertiary/aromatic N) is 3. The third kappa shape index (κ3) is 27.6. The van der Waals surface area contributed by atoms with Gasteiger partial charge in [-0.1, -0.05) is 177 Å². The molecule has 0 atom stereocenters. The number of carbonyl (C=O) groups excluding carboxylic acids is 4. The van der Waals surface area contributed by atoms with Crippen molar-refractivity contribution >= 4 is 158 Å². The lowest BCUT2D eigenvalue weighted by molar-refractivity contribution is -0.118. The first kappa shape index (κ1) is 73.5. The minimum atomic E-state index is -0.489. The Morgan fingerprint density at radius 1 is 0.580 bits per heavy atom. The van der Waals surface area contributed by atoms with Crippen LogP contribution in [0.5, 0.6) is 0 Å². The molecule has 12 N–H and O–H groups in total. The van der Waals surface area contributed by atoms with Crippen LogP contribution in [0.4, 0.5) is 15.8 Å². The van der Waals surface area contributed by atoms with E-state index in [4.69, 9.17) is 62.2 Å². The number of aliphatic imine (C=N–C) groups is 2. The van der Waals surface area contributed by atoms with Crippen molar-refractivity contribution in [1.29, 1.82) is 16.1 Å². The van der Waals surface area contributed by atoms with E-state index >= 15 is 0 Å². The van der Waals surface area contributed by atoms with Gasteiger partial charge in [-0.25, -0.2) is 14.4 Å². The summed E-state index contributed by atoms with van der Waals surface area (Å²) in [7, 11) is 1.54. The predicted octanol–water partition coefficient (Wildman–Crippen LogP) is 15.0. The fourth-order valence-electron chi connectivity index (χ4n) is 7.53. The van der Waals surface area contributed by atoms with Crippen molar-refractivity contribution in [2.45, 2.75) is 69.0 Å². The van der Waals surface area contributed by atoms with Crippen molar-refractivity contribution in [3.8, 4) is 6.07 Å². The van der Waals surface area contributed by atoms with Crippen LogP contribution in [0.2, 0.25) is 10.0 Å². The molecule has 2 amide bonds. The van der Waals surface area contributed by atoms with Gasteiger partial charge < -0.3 is 33.6 Å². The number of rotatable bonds is 21. The molecule has 0 spiro atoms. The first-order valence-corrected chi connectivity index (χ1v) is 33.2. The summed E-state index contributed by atoms with van der Waals surface area (Å²) in [6.07, 6.45) is 2.73. The molecule has 88 heavy (non-hydrogen) atoms. The van der Waals surface area contributed by atoms with Crippen LogP contribution in [-0.4, -0.2) is 57.6 Å². The number of hydrogen-bond acceptors (Lipinski definition) is 13. The van der Waals surface area contributed by atoms with Crippen LogP contribution in [0.15, 0.2) is 171 Å². The van der Waals surface area contributed by atoms with Crippen molar-refractivity contribution in [3.05, 3.63) is 232 Å². The average molecular weight is 1430 g/mol. The van der Waals surface area contributed by atoms with Gasteiger partial charge in [0.15, 0.2) is 20.7 Å². The lowest BCUT2D eigenvalue weighted by atomic mass is 10.0. The Labute approximate surface area is 556 Å². The molecule has 0 saturated heterocycles. The maximum absolute atomic E-state index is 13.1. The number of nitriles is 1. The minimum absolute atomic E-state index is 0.0115. The molecule has 460 valence electrons. The maximum atomic E-state index is 13.1. The number of amides is 2. The van der Waals surface area contributed by atoms with E-state index in [1.165, 1.54) is 53.5 Å². The molecule has 7 rings (SSSR count). The molecule has 7 aromatic carbocycles.